The summed E-state index contributed by atoms with van der Waals surface area (Å²) in [6.45, 7) is 9.15. The highest BCUT2D eigenvalue weighted by molar-refractivity contribution is 9.11. The number of benzene rings is 3. The number of hydrogen-bond acceptors (Lipinski definition) is 6. The Bertz CT molecular complexity index is 2460. The van der Waals surface area contributed by atoms with Crippen LogP contribution < -0.4 is 0 Å². The maximum absolute atomic E-state index is 19.8. The molecule has 5 aromatic rings. The first-order valence-corrected chi connectivity index (χ1v) is 38.4. The lowest BCUT2D eigenvalue weighted by atomic mass is 9.68. The molecule has 10 heteroatoms. The predicted molar refractivity (Wildman–Crippen MR) is 368 cm³/mol. The summed E-state index contributed by atoms with van der Waals surface area (Å²) in [6, 6.07) is 4.31. The Labute approximate surface area is 538 Å². The monoisotopic (exact) mass is 1310 g/mol. The van der Waals surface area contributed by atoms with Crippen LogP contribution in [0.5, 0.6) is 0 Å². The third-order valence-corrected chi connectivity index (χ3v) is 21.9. The number of hydrogen-bond donors (Lipinski definition) is 0. The molecular weight excluding hydrogens is 1200 g/mol. The van der Waals surface area contributed by atoms with E-state index in [9.17, 15) is 0 Å². The summed E-state index contributed by atoms with van der Waals surface area (Å²) < 4.78 is 52.3. The molecule has 0 atom stereocenters. The Morgan fingerprint density at radius 1 is 0.291 bits per heavy atom. The van der Waals surface area contributed by atoms with Gasteiger partial charge in [0.25, 0.3) is 0 Å². The van der Waals surface area contributed by atoms with Crippen molar-refractivity contribution in [1.82, 2.24) is 20.6 Å². The third kappa shape index (κ3) is 19.2. The van der Waals surface area contributed by atoms with Crippen molar-refractivity contribution in [2.75, 3.05) is 0 Å². The van der Waals surface area contributed by atoms with Crippen LogP contribution in [-0.4, -0.2) is 20.6 Å². The molecule has 0 unspecified atom stereocenters. The van der Waals surface area contributed by atoms with E-state index in [1.807, 2.05) is 0 Å². The Kier molecular flexibility index (Phi) is 32.5. The summed E-state index contributed by atoms with van der Waals surface area (Å²) in [4.78, 5) is 0. The number of unbranched alkanes of at least 4 members (excludes halogenated alkanes) is 44. The van der Waals surface area contributed by atoms with E-state index in [0.717, 1.165) is 123 Å². The zero-order valence-electron chi connectivity index (χ0n) is 55.0. The van der Waals surface area contributed by atoms with Gasteiger partial charge >= 0.3 is 0 Å². The molecule has 0 saturated carbocycles. The zero-order valence-corrected chi connectivity index (χ0v) is 58.2. The molecule has 0 radical (unpaired) electrons. The standard InChI is InChI=1S/C76H118Br2F2N4O2/c1-5-9-13-17-21-25-29-33-37-41-45-49-53-75(54-50-46-42-38-34-30-26-22-18-14-10-6-2)59-57-61(77)71-73(83-85-81-71)63(59)65-67(75)69(79)66-64-60(58-62(78)72-74(64)84-86-82-72)76(68(66)70(65)80,55-51-47-43-39-35-31-27-23-19-15-11-7-3)56-52-48-44-40-36-32-28-24-20-16-12-8-4/h57-58H,5-56H2,1-4H3. The zero-order chi connectivity index (χ0) is 60.7. The lowest BCUT2D eigenvalue weighted by Crippen LogP contribution is -2.29. The van der Waals surface area contributed by atoms with Crippen LogP contribution in [0.25, 0.3) is 44.3 Å². The molecule has 2 aliphatic rings. The Morgan fingerprint density at radius 3 is 0.709 bits per heavy atom. The van der Waals surface area contributed by atoms with Crippen molar-refractivity contribution in [3.63, 3.8) is 0 Å². The van der Waals surface area contributed by atoms with Crippen molar-refractivity contribution in [3.8, 4) is 22.3 Å². The number of fused-ring (bicyclic) bond motifs is 10. The van der Waals surface area contributed by atoms with Gasteiger partial charge in [-0.1, -0.05) is 336 Å². The lowest BCUT2D eigenvalue weighted by Gasteiger charge is -2.35. The topological polar surface area (TPSA) is 77.8 Å². The highest BCUT2D eigenvalue weighted by Crippen LogP contribution is 2.65. The minimum Gasteiger partial charge on any atom is -0.243 e. The average molecular weight is 1320 g/mol. The molecule has 0 saturated heterocycles. The fourth-order valence-corrected chi connectivity index (χ4v) is 16.7. The third-order valence-electron chi connectivity index (χ3n) is 20.7. The average Bonchev–Trinajstić information content (AvgIpc) is 1.52. The predicted octanol–water partition coefficient (Wildman–Crippen LogP) is 27.5. The van der Waals surface area contributed by atoms with E-state index in [1.165, 1.54) is 231 Å². The van der Waals surface area contributed by atoms with Crippen LogP contribution in [0.3, 0.4) is 0 Å². The van der Waals surface area contributed by atoms with Crippen molar-refractivity contribution in [2.45, 2.75) is 372 Å². The van der Waals surface area contributed by atoms with E-state index in [-0.39, 0.29) is 11.6 Å². The van der Waals surface area contributed by atoms with Crippen LogP contribution in [0.2, 0.25) is 0 Å². The fourth-order valence-electron chi connectivity index (χ4n) is 15.8. The van der Waals surface area contributed by atoms with Gasteiger partial charge in [-0.05, 0) is 101 Å². The summed E-state index contributed by atoms with van der Waals surface area (Å²) in [5.74, 6) is -0.573. The minimum atomic E-state index is -0.787. The number of halogens is 4. The second-order valence-electron chi connectivity index (χ2n) is 27.3. The highest BCUT2D eigenvalue weighted by Gasteiger charge is 2.55. The van der Waals surface area contributed by atoms with Gasteiger partial charge in [-0.3, -0.25) is 0 Å². The van der Waals surface area contributed by atoms with Crippen LogP contribution in [0, 0.1) is 11.6 Å². The minimum absolute atomic E-state index is 0.287. The fraction of sp³-hybridized carbons (Fsp3) is 0.763. The van der Waals surface area contributed by atoms with E-state index in [0.29, 0.717) is 55.4 Å². The van der Waals surface area contributed by atoms with Gasteiger partial charge in [-0.25, -0.2) is 18.0 Å². The van der Waals surface area contributed by atoms with Crippen LogP contribution in [0.15, 0.2) is 30.3 Å². The molecule has 0 aliphatic heterocycles. The Hall–Kier alpha value is -2.72. The summed E-state index contributed by atoms with van der Waals surface area (Å²) in [7, 11) is 0. The van der Waals surface area contributed by atoms with Gasteiger partial charge in [0.2, 0.25) is 0 Å². The summed E-state index contributed by atoms with van der Waals surface area (Å²) in [5.41, 5.74) is 5.75. The maximum Gasteiger partial charge on any atom is 0.150 e. The molecule has 2 aliphatic carbocycles. The van der Waals surface area contributed by atoms with E-state index < -0.39 is 10.8 Å². The number of aromatic nitrogens is 4. The second-order valence-corrected chi connectivity index (χ2v) is 29.0. The molecule has 7 rings (SSSR count). The molecular formula is C76H118Br2F2N4O2. The van der Waals surface area contributed by atoms with E-state index >= 15 is 8.78 Å². The molecule has 3 aromatic carbocycles. The Balaban J connectivity index is 1.24. The number of rotatable bonds is 52. The van der Waals surface area contributed by atoms with Crippen LogP contribution >= 0.6 is 31.9 Å². The first-order valence-electron chi connectivity index (χ1n) is 36.8. The van der Waals surface area contributed by atoms with Crippen molar-refractivity contribution >= 4 is 53.9 Å². The first-order chi connectivity index (χ1) is 42.3. The van der Waals surface area contributed by atoms with Crippen molar-refractivity contribution in [2.24, 2.45) is 0 Å². The van der Waals surface area contributed by atoms with Gasteiger partial charge in [0.1, 0.15) is 33.7 Å². The SMILES string of the molecule is CCCCCCCCCCCCCCC1(CCCCCCCCCCCCCC)c2cc(Br)c3nonc3c2-c2c(F)c3c(c(F)c21)-c1c(cc(Br)c2nonc12)C3(CCCCCCCCCCCCCC)CCCCCCCCCCCCCC. The molecule has 2 aromatic heterocycles. The summed E-state index contributed by atoms with van der Waals surface area (Å²) in [6.07, 6.45) is 62.7. The lowest BCUT2D eigenvalue weighted by molar-refractivity contribution is 0.315. The summed E-state index contributed by atoms with van der Waals surface area (Å²) in [5, 5.41) is 18.1. The quantitative estimate of drug-likeness (QED) is 0.0361. The van der Waals surface area contributed by atoms with Gasteiger partial charge < -0.3 is 0 Å². The van der Waals surface area contributed by atoms with Crippen LogP contribution in [0.4, 0.5) is 8.78 Å². The molecule has 0 fully saturated rings. The van der Waals surface area contributed by atoms with Gasteiger partial charge in [-0.2, -0.15) is 0 Å². The molecule has 0 amide bonds. The molecule has 2 heterocycles. The smallest absolute Gasteiger partial charge is 0.150 e. The molecule has 0 N–H and O–H groups in total. The first kappa shape index (κ1) is 70.7. The van der Waals surface area contributed by atoms with Crippen LogP contribution in [-0.2, 0) is 10.8 Å². The molecule has 0 spiro atoms. The maximum atomic E-state index is 19.8. The van der Waals surface area contributed by atoms with Gasteiger partial charge in [0.15, 0.2) is 0 Å². The molecule has 0 bridgehead atoms. The van der Waals surface area contributed by atoms with Gasteiger partial charge in [-0.15, -0.1) is 0 Å². The van der Waals surface area contributed by atoms with Crippen molar-refractivity contribution in [3.05, 3.63) is 55.0 Å². The second kappa shape index (κ2) is 39.5. The normalized spacial score (nSPS) is 13.9. The number of nitrogens with zero attached hydrogens (tertiary/aromatic N) is 4. The van der Waals surface area contributed by atoms with Gasteiger partial charge in [0.05, 0.1) is 0 Å². The molecule has 6 nitrogen and oxygen atoms in total. The van der Waals surface area contributed by atoms with Gasteiger partial charge in [0, 0.05) is 53.2 Å². The van der Waals surface area contributed by atoms with Crippen molar-refractivity contribution < 1.29 is 18.0 Å². The van der Waals surface area contributed by atoms with Crippen molar-refractivity contribution in [1.29, 1.82) is 0 Å². The largest absolute Gasteiger partial charge is 0.243 e. The van der Waals surface area contributed by atoms with E-state index in [1.54, 1.807) is 0 Å². The molecule has 86 heavy (non-hydrogen) atoms. The summed E-state index contributed by atoms with van der Waals surface area (Å²) >= 11 is 7.85. The van der Waals surface area contributed by atoms with E-state index in [2.05, 4.69) is 92.3 Å². The van der Waals surface area contributed by atoms with Crippen LogP contribution in [0.1, 0.15) is 384 Å². The highest BCUT2D eigenvalue weighted by atomic mass is 79.9. The molecule has 482 valence electrons. The van der Waals surface area contributed by atoms with E-state index in [4.69, 9.17) is 9.26 Å². The Morgan fingerprint density at radius 2 is 0.488 bits per heavy atom.